The van der Waals surface area contributed by atoms with Crippen LogP contribution in [0.1, 0.15) is 36.9 Å². The SMILES string of the molecule is CC(Nc1ccc2c(c1)/C(=C1\COCCN1)C(=O)N2C1CCOCC1)c1cncnc1. The quantitative estimate of drug-likeness (QED) is 0.734. The molecule has 5 rings (SSSR count). The minimum absolute atomic E-state index is 0.0372. The van der Waals surface area contributed by atoms with Gasteiger partial charge in [-0.1, -0.05) is 0 Å². The van der Waals surface area contributed by atoms with Crippen LogP contribution >= 0.6 is 0 Å². The van der Waals surface area contributed by atoms with Gasteiger partial charge >= 0.3 is 0 Å². The summed E-state index contributed by atoms with van der Waals surface area (Å²) >= 11 is 0. The maximum absolute atomic E-state index is 13.6. The number of aromatic nitrogens is 2. The molecular weight excluding hydrogens is 394 g/mol. The summed E-state index contributed by atoms with van der Waals surface area (Å²) in [7, 11) is 0. The highest BCUT2D eigenvalue weighted by atomic mass is 16.5. The van der Waals surface area contributed by atoms with E-state index in [9.17, 15) is 4.79 Å². The summed E-state index contributed by atoms with van der Waals surface area (Å²) in [6.07, 6.45) is 6.85. The maximum Gasteiger partial charge on any atom is 0.261 e. The third-order valence-electron chi connectivity index (χ3n) is 6.11. The molecule has 1 amide bonds. The number of anilines is 2. The lowest BCUT2D eigenvalue weighted by atomic mass is 10.0. The van der Waals surface area contributed by atoms with Crippen molar-refractivity contribution >= 4 is 22.9 Å². The largest absolute Gasteiger partial charge is 0.383 e. The standard InChI is InChI=1S/C23H27N5O3/c1-15(16-11-24-14-25-12-16)27-17-2-3-21-19(10-17)22(20-13-31-9-6-26-20)23(29)28(21)18-4-7-30-8-5-18/h2-3,10-12,14-15,18,26-27H,4-9,13H2,1H3/b22-20-. The van der Waals surface area contributed by atoms with E-state index in [1.54, 1.807) is 0 Å². The number of nitrogens with one attached hydrogen (secondary N) is 2. The van der Waals surface area contributed by atoms with Gasteiger partial charge in [0.15, 0.2) is 0 Å². The molecule has 1 aromatic carbocycles. The number of carbonyl (C=O) groups is 1. The van der Waals surface area contributed by atoms with Crippen LogP contribution < -0.4 is 15.5 Å². The maximum atomic E-state index is 13.6. The average molecular weight is 422 g/mol. The van der Waals surface area contributed by atoms with Crippen molar-refractivity contribution in [3.8, 4) is 0 Å². The normalized spacial score (nSPS) is 22.7. The first-order chi connectivity index (χ1) is 15.2. The van der Waals surface area contributed by atoms with Gasteiger partial charge in [0.25, 0.3) is 5.91 Å². The van der Waals surface area contributed by atoms with Crippen LogP contribution in [0, 0.1) is 0 Å². The fourth-order valence-electron chi connectivity index (χ4n) is 4.51. The van der Waals surface area contributed by atoms with Gasteiger partial charge in [-0.3, -0.25) is 4.79 Å². The van der Waals surface area contributed by atoms with Gasteiger partial charge in [0, 0.05) is 55.0 Å². The Hall–Kier alpha value is -2.97. The third-order valence-corrected chi connectivity index (χ3v) is 6.11. The van der Waals surface area contributed by atoms with Crippen LogP contribution in [-0.4, -0.2) is 54.9 Å². The molecule has 2 N–H and O–H groups in total. The van der Waals surface area contributed by atoms with E-state index in [0.29, 0.717) is 33.0 Å². The van der Waals surface area contributed by atoms with E-state index >= 15 is 0 Å². The van der Waals surface area contributed by atoms with Crippen LogP contribution in [0.4, 0.5) is 11.4 Å². The fraction of sp³-hybridized carbons (Fsp3) is 0.435. The fourth-order valence-corrected chi connectivity index (χ4v) is 4.51. The number of ether oxygens (including phenoxy) is 2. The van der Waals surface area contributed by atoms with Gasteiger partial charge in [-0.05, 0) is 38.0 Å². The Bertz CT molecular complexity index is 980. The smallest absolute Gasteiger partial charge is 0.261 e. The van der Waals surface area contributed by atoms with Crippen molar-refractivity contribution in [2.75, 3.05) is 43.2 Å². The predicted octanol–water partition coefficient (Wildman–Crippen LogP) is 2.51. The highest BCUT2D eigenvalue weighted by molar-refractivity contribution is 6.33. The molecule has 2 fully saturated rings. The molecule has 0 aliphatic carbocycles. The molecule has 1 aromatic heterocycles. The Morgan fingerprint density at radius 3 is 2.71 bits per heavy atom. The first-order valence-corrected chi connectivity index (χ1v) is 10.8. The molecule has 3 aliphatic heterocycles. The molecule has 0 bridgehead atoms. The molecule has 31 heavy (non-hydrogen) atoms. The Labute approximate surface area is 181 Å². The number of fused-ring (bicyclic) bond motifs is 1. The first kappa shape index (κ1) is 20.0. The number of morpholine rings is 1. The van der Waals surface area contributed by atoms with Crippen LogP contribution in [0.3, 0.4) is 0 Å². The van der Waals surface area contributed by atoms with Gasteiger partial charge in [0.2, 0.25) is 0 Å². The molecule has 2 aromatic rings. The van der Waals surface area contributed by atoms with Crippen molar-refractivity contribution in [1.82, 2.24) is 15.3 Å². The number of amides is 1. The van der Waals surface area contributed by atoms with E-state index < -0.39 is 0 Å². The molecular formula is C23H27N5O3. The lowest BCUT2D eigenvalue weighted by Crippen LogP contribution is -2.42. The summed E-state index contributed by atoms with van der Waals surface area (Å²) in [6, 6.07) is 6.36. The summed E-state index contributed by atoms with van der Waals surface area (Å²) in [5, 5.41) is 6.90. The summed E-state index contributed by atoms with van der Waals surface area (Å²) in [6.45, 7) is 5.24. The predicted molar refractivity (Wildman–Crippen MR) is 118 cm³/mol. The molecule has 1 unspecified atom stereocenters. The molecule has 1 atom stereocenters. The van der Waals surface area contributed by atoms with Crippen LogP contribution in [0.15, 0.2) is 42.6 Å². The van der Waals surface area contributed by atoms with E-state index in [4.69, 9.17) is 9.47 Å². The lowest BCUT2D eigenvalue weighted by Gasteiger charge is -2.31. The summed E-state index contributed by atoms with van der Waals surface area (Å²) in [5.74, 6) is 0.0524. The molecule has 3 aliphatic rings. The first-order valence-electron chi connectivity index (χ1n) is 10.8. The van der Waals surface area contributed by atoms with Crippen molar-refractivity contribution in [3.05, 3.63) is 53.7 Å². The second-order valence-corrected chi connectivity index (χ2v) is 8.12. The van der Waals surface area contributed by atoms with Crippen molar-refractivity contribution in [2.45, 2.75) is 31.8 Å². The number of rotatable bonds is 4. The van der Waals surface area contributed by atoms with Crippen LogP contribution in [-0.2, 0) is 14.3 Å². The summed E-state index contributed by atoms with van der Waals surface area (Å²) in [5.41, 5.74) is 5.46. The average Bonchev–Trinajstić information content (AvgIpc) is 3.11. The Morgan fingerprint density at radius 1 is 1.16 bits per heavy atom. The Morgan fingerprint density at radius 2 is 1.97 bits per heavy atom. The zero-order chi connectivity index (χ0) is 21.2. The van der Waals surface area contributed by atoms with E-state index in [0.717, 1.165) is 46.6 Å². The number of hydrogen-bond acceptors (Lipinski definition) is 7. The minimum atomic E-state index is 0.0372. The minimum Gasteiger partial charge on any atom is -0.383 e. The highest BCUT2D eigenvalue weighted by Crippen LogP contribution is 2.42. The van der Waals surface area contributed by atoms with Crippen molar-refractivity contribution in [2.24, 2.45) is 0 Å². The number of hydrogen-bond donors (Lipinski definition) is 2. The van der Waals surface area contributed by atoms with Crippen LogP contribution in [0.25, 0.3) is 5.57 Å². The van der Waals surface area contributed by atoms with E-state index in [1.165, 1.54) is 6.33 Å². The highest BCUT2D eigenvalue weighted by Gasteiger charge is 2.39. The van der Waals surface area contributed by atoms with E-state index in [1.807, 2.05) is 23.4 Å². The van der Waals surface area contributed by atoms with E-state index in [2.05, 4.69) is 39.7 Å². The monoisotopic (exact) mass is 421 g/mol. The summed E-state index contributed by atoms with van der Waals surface area (Å²) in [4.78, 5) is 23.8. The van der Waals surface area contributed by atoms with Crippen molar-refractivity contribution in [1.29, 1.82) is 0 Å². The van der Waals surface area contributed by atoms with Gasteiger partial charge in [-0.15, -0.1) is 0 Å². The molecule has 0 saturated carbocycles. The van der Waals surface area contributed by atoms with Gasteiger partial charge in [-0.2, -0.15) is 0 Å². The van der Waals surface area contributed by atoms with Gasteiger partial charge in [0.1, 0.15) is 6.33 Å². The van der Waals surface area contributed by atoms with Crippen LogP contribution in [0.2, 0.25) is 0 Å². The Kier molecular flexibility index (Phi) is 5.57. The molecule has 2 saturated heterocycles. The Balaban J connectivity index is 1.51. The summed E-state index contributed by atoms with van der Waals surface area (Å²) < 4.78 is 11.2. The lowest BCUT2D eigenvalue weighted by molar-refractivity contribution is -0.113. The second-order valence-electron chi connectivity index (χ2n) is 8.12. The molecule has 162 valence electrons. The topological polar surface area (TPSA) is 88.6 Å². The van der Waals surface area contributed by atoms with Gasteiger partial charge in [-0.25, -0.2) is 9.97 Å². The molecule has 0 spiro atoms. The number of benzene rings is 1. The second kappa shape index (κ2) is 8.64. The molecule has 8 nitrogen and oxygen atoms in total. The van der Waals surface area contributed by atoms with E-state index in [-0.39, 0.29) is 18.0 Å². The van der Waals surface area contributed by atoms with Crippen molar-refractivity contribution < 1.29 is 14.3 Å². The van der Waals surface area contributed by atoms with Gasteiger partial charge < -0.3 is 25.0 Å². The molecule has 0 radical (unpaired) electrons. The molecule has 4 heterocycles. The number of carbonyl (C=O) groups excluding carboxylic acids is 1. The van der Waals surface area contributed by atoms with Gasteiger partial charge in [0.05, 0.1) is 36.2 Å². The third kappa shape index (κ3) is 3.88. The number of nitrogens with zero attached hydrogens (tertiary/aromatic N) is 3. The van der Waals surface area contributed by atoms with Crippen molar-refractivity contribution in [3.63, 3.8) is 0 Å². The zero-order valence-electron chi connectivity index (χ0n) is 17.6. The zero-order valence-corrected chi connectivity index (χ0v) is 17.6. The van der Waals surface area contributed by atoms with Crippen LogP contribution in [0.5, 0.6) is 0 Å². The molecule has 8 heteroatoms.